The Labute approximate surface area is 72.3 Å². The first-order valence-electron chi connectivity index (χ1n) is 4.30. The van der Waals surface area contributed by atoms with E-state index in [0.717, 1.165) is 12.2 Å². The van der Waals surface area contributed by atoms with Gasteiger partial charge in [0.15, 0.2) is 0 Å². The number of rotatable bonds is 1. The number of nitrogens with zero attached hydrogens (tertiary/aromatic N) is 1. The molecular formula is C10H12N2. The predicted octanol–water partition coefficient (Wildman–Crippen LogP) is 2.30. The Morgan fingerprint density at radius 1 is 1.58 bits per heavy atom. The predicted molar refractivity (Wildman–Crippen MR) is 51.0 cm³/mol. The van der Waals surface area contributed by atoms with Crippen LogP contribution in [0.3, 0.4) is 0 Å². The van der Waals surface area contributed by atoms with Gasteiger partial charge in [0.25, 0.3) is 0 Å². The molecule has 1 aliphatic heterocycles. The van der Waals surface area contributed by atoms with E-state index in [9.17, 15) is 0 Å². The molecule has 2 rings (SSSR count). The summed E-state index contributed by atoms with van der Waals surface area (Å²) in [5, 5.41) is 3.35. The average molecular weight is 160 g/mol. The van der Waals surface area contributed by atoms with Crippen LogP contribution in [0.5, 0.6) is 0 Å². The number of hydrogen-bond acceptors (Lipinski definition) is 2. The molecule has 0 saturated heterocycles. The fraction of sp³-hybridized carbons (Fsp3) is 0.300. The van der Waals surface area contributed by atoms with Gasteiger partial charge in [0.05, 0.1) is 0 Å². The minimum Gasteiger partial charge on any atom is -0.363 e. The molecule has 0 fully saturated rings. The fourth-order valence-electron chi connectivity index (χ4n) is 1.35. The molecule has 1 atom stereocenters. The molecule has 2 heterocycles. The highest BCUT2D eigenvalue weighted by Gasteiger charge is 2.09. The smallest absolute Gasteiger partial charge is 0.133 e. The van der Waals surface area contributed by atoms with Crippen LogP contribution in [0.4, 0.5) is 5.82 Å². The van der Waals surface area contributed by atoms with E-state index in [1.54, 1.807) is 0 Å². The van der Waals surface area contributed by atoms with Gasteiger partial charge in [0, 0.05) is 17.8 Å². The molecule has 0 spiro atoms. The van der Waals surface area contributed by atoms with E-state index in [4.69, 9.17) is 0 Å². The van der Waals surface area contributed by atoms with E-state index in [1.807, 2.05) is 12.3 Å². The van der Waals surface area contributed by atoms with Crippen molar-refractivity contribution in [2.45, 2.75) is 19.4 Å². The van der Waals surface area contributed by atoms with E-state index in [1.165, 1.54) is 5.56 Å². The normalized spacial score (nSPS) is 19.9. The zero-order valence-electron chi connectivity index (χ0n) is 7.12. The molecule has 2 nitrogen and oxygen atoms in total. The maximum Gasteiger partial charge on any atom is 0.133 e. The first-order chi connectivity index (χ1) is 5.90. The lowest BCUT2D eigenvalue weighted by atomic mass is 10.1. The Hall–Kier alpha value is -1.31. The first-order valence-corrected chi connectivity index (χ1v) is 4.30. The van der Waals surface area contributed by atoms with Crippen LogP contribution in [0, 0.1) is 0 Å². The number of hydrogen-bond donors (Lipinski definition) is 1. The number of fused-ring (bicyclic) bond motifs is 1. The second kappa shape index (κ2) is 2.97. The molecule has 1 aromatic heterocycles. The Morgan fingerprint density at radius 3 is 3.33 bits per heavy atom. The molecule has 0 bridgehead atoms. The summed E-state index contributed by atoms with van der Waals surface area (Å²) in [6.07, 6.45) is 7.24. The molecule has 1 aliphatic rings. The Bertz CT molecular complexity index is 304. The lowest BCUT2D eigenvalue weighted by Crippen LogP contribution is -2.19. The van der Waals surface area contributed by atoms with Crippen molar-refractivity contribution in [1.29, 1.82) is 0 Å². The van der Waals surface area contributed by atoms with Crippen molar-refractivity contribution in [2.75, 3.05) is 5.32 Å². The largest absolute Gasteiger partial charge is 0.363 e. The van der Waals surface area contributed by atoms with Crippen molar-refractivity contribution in [3.05, 3.63) is 30.0 Å². The van der Waals surface area contributed by atoms with Crippen molar-refractivity contribution >= 4 is 11.9 Å². The van der Waals surface area contributed by atoms with Gasteiger partial charge in [0.2, 0.25) is 0 Å². The Morgan fingerprint density at radius 2 is 2.50 bits per heavy atom. The second-order valence-electron chi connectivity index (χ2n) is 2.96. The maximum absolute atomic E-state index is 4.26. The van der Waals surface area contributed by atoms with Gasteiger partial charge < -0.3 is 5.32 Å². The average Bonchev–Trinajstić information content (AvgIpc) is 2.17. The molecule has 1 unspecified atom stereocenters. The third-order valence-corrected chi connectivity index (χ3v) is 2.11. The molecule has 2 heteroatoms. The Balaban J connectivity index is 2.33. The molecule has 0 aliphatic carbocycles. The highest BCUT2D eigenvalue weighted by molar-refractivity contribution is 5.67. The molecule has 0 amide bonds. The van der Waals surface area contributed by atoms with Gasteiger partial charge in [-0.3, -0.25) is 0 Å². The summed E-state index contributed by atoms with van der Waals surface area (Å²) in [6.45, 7) is 2.16. The zero-order chi connectivity index (χ0) is 8.39. The molecule has 0 radical (unpaired) electrons. The van der Waals surface area contributed by atoms with Crippen molar-refractivity contribution in [3.8, 4) is 0 Å². The number of pyridine rings is 1. The fourth-order valence-corrected chi connectivity index (χ4v) is 1.35. The molecule has 0 saturated carbocycles. The van der Waals surface area contributed by atoms with Gasteiger partial charge in [-0.1, -0.05) is 19.1 Å². The first kappa shape index (κ1) is 7.35. The standard InChI is InChI=1S/C10H12N2/c1-2-9-6-5-8-4-3-7-11-10(8)12-9/h3-7,9H,2H2,1H3,(H,11,12). The summed E-state index contributed by atoms with van der Waals surface area (Å²) in [7, 11) is 0. The maximum atomic E-state index is 4.26. The van der Waals surface area contributed by atoms with Crippen molar-refractivity contribution in [1.82, 2.24) is 4.98 Å². The lowest BCUT2D eigenvalue weighted by molar-refractivity contribution is 0.824. The third-order valence-electron chi connectivity index (χ3n) is 2.11. The highest BCUT2D eigenvalue weighted by atomic mass is 15.0. The number of nitrogens with one attached hydrogen (secondary N) is 1. The molecular weight excluding hydrogens is 148 g/mol. The number of anilines is 1. The van der Waals surface area contributed by atoms with Crippen molar-refractivity contribution in [3.63, 3.8) is 0 Å². The van der Waals surface area contributed by atoms with Crippen LogP contribution in [0.1, 0.15) is 18.9 Å². The van der Waals surface area contributed by atoms with E-state index < -0.39 is 0 Å². The minimum absolute atomic E-state index is 0.451. The quantitative estimate of drug-likeness (QED) is 0.681. The molecule has 62 valence electrons. The van der Waals surface area contributed by atoms with Crippen LogP contribution in [0.2, 0.25) is 0 Å². The number of aromatic nitrogens is 1. The zero-order valence-corrected chi connectivity index (χ0v) is 7.12. The van der Waals surface area contributed by atoms with E-state index >= 15 is 0 Å². The Kier molecular flexibility index (Phi) is 1.82. The third kappa shape index (κ3) is 1.20. The summed E-state index contributed by atoms with van der Waals surface area (Å²) < 4.78 is 0. The summed E-state index contributed by atoms with van der Waals surface area (Å²) >= 11 is 0. The van der Waals surface area contributed by atoms with E-state index in [2.05, 4.69) is 35.4 Å². The van der Waals surface area contributed by atoms with Gasteiger partial charge >= 0.3 is 0 Å². The van der Waals surface area contributed by atoms with Crippen molar-refractivity contribution in [2.24, 2.45) is 0 Å². The minimum atomic E-state index is 0.451. The van der Waals surface area contributed by atoms with Crippen LogP contribution >= 0.6 is 0 Å². The summed E-state index contributed by atoms with van der Waals surface area (Å²) in [5.41, 5.74) is 1.18. The van der Waals surface area contributed by atoms with Gasteiger partial charge in [0.1, 0.15) is 5.82 Å². The van der Waals surface area contributed by atoms with Crippen LogP contribution in [-0.4, -0.2) is 11.0 Å². The summed E-state index contributed by atoms with van der Waals surface area (Å²) in [6, 6.07) is 4.47. The molecule has 0 aromatic carbocycles. The monoisotopic (exact) mass is 160 g/mol. The van der Waals surface area contributed by atoms with Gasteiger partial charge in [-0.05, 0) is 18.6 Å². The molecule has 1 N–H and O–H groups in total. The van der Waals surface area contributed by atoms with Crippen LogP contribution in [0.15, 0.2) is 24.4 Å². The summed E-state index contributed by atoms with van der Waals surface area (Å²) in [4.78, 5) is 4.26. The highest BCUT2D eigenvalue weighted by Crippen LogP contribution is 2.20. The second-order valence-corrected chi connectivity index (χ2v) is 2.96. The van der Waals surface area contributed by atoms with Gasteiger partial charge in [-0.2, -0.15) is 0 Å². The SMILES string of the molecule is CCC1C=Cc2cccnc2N1. The van der Waals surface area contributed by atoms with Crippen molar-refractivity contribution < 1.29 is 0 Å². The topological polar surface area (TPSA) is 24.9 Å². The van der Waals surface area contributed by atoms with E-state index in [0.29, 0.717) is 6.04 Å². The summed E-state index contributed by atoms with van der Waals surface area (Å²) in [5.74, 6) is 1.01. The molecule has 12 heavy (non-hydrogen) atoms. The van der Waals surface area contributed by atoms with Crippen LogP contribution < -0.4 is 5.32 Å². The lowest BCUT2D eigenvalue weighted by Gasteiger charge is -2.19. The van der Waals surface area contributed by atoms with Gasteiger partial charge in [-0.25, -0.2) is 4.98 Å². The van der Waals surface area contributed by atoms with Crippen LogP contribution in [-0.2, 0) is 0 Å². The van der Waals surface area contributed by atoms with Gasteiger partial charge in [-0.15, -0.1) is 0 Å². The molecule has 1 aromatic rings. The van der Waals surface area contributed by atoms with Crippen LogP contribution in [0.25, 0.3) is 6.08 Å². The van der Waals surface area contributed by atoms with E-state index in [-0.39, 0.29) is 0 Å².